The van der Waals surface area contributed by atoms with E-state index >= 15 is 0 Å². The second-order valence-corrected chi connectivity index (χ2v) is 30.4. The van der Waals surface area contributed by atoms with Crippen LogP contribution < -0.4 is 37.6 Å². The Kier molecular flexibility index (Phi) is 47.1. The van der Waals surface area contributed by atoms with E-state index in [2.05, 4.69) is 52.7 Å². The molecular weight excluding hydrogens is 1490 g/mol. The van der Waals surface area contributed by atoms with Gasteiger partial charge in [0.15, 0.2) is 30.9 Å². The Morgan fingerprint density at radius 3 is 1.30 bits per heavy atom. The summed E-state index contributed by atoms with van der Waals surface area (Å²) in [6.07, 6.45) is -5.01. The average molecular weight is 1630 g/mol. The summed E-state index contributed by atoms with van der Waals surface area (Å²) in [7, 11) is 0. The molecule has 114 heavy (non-hydrogen) atoms. The Hall–Kier alpha value is -6.48. The summed E-state index contributed by atoms with van der Waals surface area (Å²) in [5, 5.41) is 16.8. The van der Waals surface area contributed by atoms with Gasteiger partial charge < -0.3 is 113 Å². The Morgan fingerprint density at radius 1 is 0.377 bits per heavy atom. The predicted octanol–water partition coefficient (Wildman–Crippen LogP) is 3.35. The molecule has 8 N–H and O–H groups in total. The summed E-state index contributed by atoms with van der Waals surface area (Å²) < 4.78 is 93.0. The number of esters is 4. The number of ketones is 2. The summed E-state index contributed by atoms with van der Waals surface area (Å²) in [4.78, 5) is 153. The molecule has 0 saturated carbocycles. The minimum Gasteiger partial charge on any atom is -0.463 e. The van der Waals surface area contributed by atoms with Crippen LogP contribution in [-0.4, -0.2) is 269 Å². The molecule has 7 unspecified atom stereocenters. The van der Waals surface area contributed by atoms with Crippen LogP contribution in [0.5, 0.6) is 0 Å². The second-order valence-electron chi connectivity index (χ2n) is 30.4. The Morgan fingerprint density at radius 2 is 0.798 bits per heavy atom. The van der Waals surface area contributed by atoms with Gasteiger partial charge in [-0.05, 0) is 74.0 Å². The number of rotatable bonds is 54. The quantitative estimate of drug-likeness (QED) is 0.0261. The van der Waals surface area contributed by atoms with Gasteiger partial charge in [0, 0.05) is 118 Å². The Labute approximate surface area is 672 Å². The Bertz CT molecular complexity index is 2970. The van der Waals surface area contributed by atoms with E-state index in [-0.39, 0.29) is 259 Å². The van der Waals surface area contributed by atoms with Crippen LogP contribution in [-0.2, 0) is 133 Å². The number of amides is 6. The first-order valence-corrected chi connectivity index (χ1v) is 40.6. The summed E-state index contributed by atoms with van der Waals surface area (Å²) in [6.45, 7) is 29.5. The maximum absolute atomic E-state index is 14.0. The van der Waals surface area contributed by atoms with Gasteiger partial charge in [-0.15, -0.1) is 0 Å². The molecule has 4 saturated heterocycles. The van der Waals surface area contributed by atoms with E-state index in [9.17, 15) is 57.5 Å². The summed E-state index contributed by atoms with van der Waals surface area (Å²) >= 11 is 0. The second kappa shape index (κ2) is 53.8. The number of carbonyl (C=O) groups is 12. The van der Waals surface area contributed by atoms with Gasteiger partial charge in [-0.25, -0.2) is 0 Å². The van der Waals surface area contributed by atoms with E-state index in [4.69, 9.17) is 81.5 Å². The zero-order valence-electron chi connectivity index (χ0n) is 70.1. The molecule has 0 bridgehead atoms. The number of hydrogen-bond donors (Lipinski definition) is 7. The monoisotopic (exact) mass is 1630 g/mol. The molecule has 4 aliphatic rings. The molecule has 4 heterocycles. The van der Waals surface area contributed by atoms with Gasteiger partial charge in [0.25, 0.3) is 0 Å². The molecule has 4 fully saturated rings. The predicted molar refractivity (Wildman–Crippen MR) is 409 cm³/mol. The first-order chi connectivity index (χ1) is 54.1. The number of ether oxygens (including phenoxy) is 16. The number of nitrogens with one attached hydrogen (secondary N) is 6. The molecule has 6 amide bonds. The highest BCUT2D eigenvalue weighted by molar-refractivity contribution is 5.92. The van der Waals surface area contributed by atoms with Crippen molar-refractivity contribution in [2.75, 3.05) is 112 Å². The SMILES string of the molecule is CC[C@H]1OC(OCCOCCNC(=O)CCC(NC(=O)CCC(N)C(=O)NC(CCC(=O)CCCOCCOC2O[C@H](COC(C)=O)[C@H](OC(C)=O)[C@H](C)[C@H]2C)C(=O)NCCOCCOC2O[C@H](COC(C)=O)[C@H](C)[C@H](C)[C@H]2C)C(=O)CCCOCCOC2O[C@H](COC(C)=O)[C@H](C)[C@H](C)[C@H]2NC(C)=O)[C@H](NC(C)=O)[C@@H](C)[C@H]1C. The summed E-state index contributed by atoms with van der Waals surface area (Å²) in [5.74, 6) is -5.53. The number of Topliss-reactive ketones (excluding diaryl/α,β-unsaturated/α-hetero) is 2. The molecule has 23 atom stereocenters. The highest BCUT2D eigenvalue weighted by Gasteiger charge is 2.47. The molecule has 654 valence electrons. The molecule has 0 aromatic heterocycles. The largest absolute Gasteiger partial charge is 0.463 e. The van der Waals surface area contributed by atoms with Crippen molar-refractivity contribution in [1.29, 1.82) is 0 Å². The first-order valence-electron chi connectivity index (χ1n) is 40.6. The molecule has 0 spiro atoms. The van der Waals surface area contributed by atoms with Crippen molar-refractivity contribution in [2.45, 2.75) is 267 Å². The molecule has 35 nitrogen and oxygen atoms in total. The number of hydrogen-bond acceptors (Lipinski definition) is 29. The fourth-order valence-electron chi connectivity index (χ4n) is 14.0. The summed E-state index contributed by atoms with van der Waals surface area (Å²) in [6, 6.07) is -4.63. The average Bonchev–Trinajstić information content (AvgIpc) is 0.821. The van der Waals surface area contributed by atoms with Crippen LogP contribution >= 0.6 is 0 Å². The topological polar surface area (TPSA) is 451 Å². The van der Waals surface area contributed by atoms with Crippen LogP contribution in [0, 0.1) is 53.3 Å². The van der Waals surface area contributed by atoms with Crippen LogP contribution in [0.1, 0.15) is 181 Å². The zero-order valence-corrected chi connectivity index (χ0v) is 70.1. The van der Waals surface area contributed by atoms with Crippen LogP contribution in [0.25, 0.3) is 0 Å². The maximum Gasteiger partial charge on any atom is 0.303 e. The fraction of sp³-hybridized carbons (Fsp3) is 0.848. The minimum absolute atomic E-state index is 0.00217. The van der Waals surface area contributed by atoms with Crippen molar-refractivity contribution in [1.82, 2.24) is 31.9 Å². The first kappa shape index (κ1) is 99.9. The molecule has 0 aliphatic carbocycles. The lowest BCUT2D eigenvalue weighted by molar-refractivity contribution is -0.275. The molecule has 0 aromatic rings. The van der Waals surface area contributed by atoms with Crippen molar-refractivity contribution in [3.05, 3.63) is 0 Å². The van der Waals surface area contributed by atoms with Crippen molar-refractivity contribution in [3.63, 3.8) is 0 Å². The third-order valence-electron chi connectivity index (χ3n) is 21.8. The maximum atomic E-state index is 14.0. The Balaban J connectivity index is 1.35. The van der Waals surface area contributed by atoms with Crippen LogP contribution in [0.4, 0.5) is 0 Å². The van der Waals surface area contributed by atoms with Crippen LogP contribution in [0.3, 0.4) is 0 Å². The highest BCUT2D eigenvalue weighted by atomic mass is 16.7. The number of carbonyl (C=O) groups excluding carboxylic acids is 12. The highest BCUT2D eigenvalue weighted by Crippen LogP contribution is 2.38. The van der Waals surface area contributed by atoms with Gasteiger partial charge >= 0.3 is 23.9 Å². The van der Waals surface area contributed by atoms with E-state index in [0.717, 1.165) is 6.42 Å². The molecule has 0 radical (unpaired) electrons. The molecule has 4 aliphatic heterocycles. The van der Waals surface area contributed by atoms with Gasteiger partial charge in [-0.3, -0.25) is 57.5 Å². The van der Waals surface area contributed by atoms with Crippen molar-refractivity contribution in [2.24, 2.45) is 59.0 Å². The standard InChI is InChI=1S/C79H135N7O28/c1-17-65-47(4)49(6)71(83-54(11)87)78(111-65)105-41-37-101-32-28-81-69(95)27-25-62(64(94)21-19-31-100-35-40-106-79-72(84-55(12)88)50(7)48(5)67(113-79)43-108-57(14)90)85-70(96)26-23-61(80)74(97)86-63(75(98)82-29-33-102-36-39-103-76-52(9)45(2)46(3)66(112-76)42-107-56(13)89)24-22-60(93)20-18-30-99-34-38-104-77-53(10)51(8)73(110-59(16)92)68(114-77)44-109-58(15)91/h45-53,61-63,65-68,71-73,76-79H,17-44,80H2,1-16H3,(H,81,95)(H,82,98)(H,83,87)(H,84,88)(H,85,96)(H,86,97)/t45-,46+,47+,48+,49-,50-,51+,52+,53+,61?,62?,63?,65+,66+,67+,68+,71+,72+,73+,76?,77?,78?,79?/m0/s1. The van der Waals surface area contributed by atoms with Gasteiger partial charge in [0.2, 0.25) is 35.4 Å². The molecule has 4 rings (SSSR count). The van der Waals surface area contributed by atoms with E-state index in [1.165, 1.54) is 41.5 Å². The van der Waals surface area contributed by atoms with Crippen LogP contribution in [0.15, 0.2) is 0 Å². The molecule has 0 aromatic carbocycles. The van der Waals surface area contributed by atoms with Crippen LogP contribution in [0.2, 0.25) is 0 Å². The van der Waals surface area contributed by atoms with Crippen molar-refractivity contribution in [3.8, 4) is 0 Å². The van der Waals surface area contributed by atoms with Gasteiger partial charge in [-0.2, -0.15) is 0 Å². The lowest BCUT2D eigenvalue weighted by Gasteiger charge is -2.44. The van der Waals surface area contributed by atoms with E-state index in [0.29, 0.717) is 6.42 Å². The molecular formula is C79H135N7O28. The van der Waals surface area contributed by atoms with E-state index < -0.39 is 121 Å². The van der Waals surface area contributed by atoms with Gasteiger partial charge in [-0.1, -0.05) is 69.2 Å². The zero-order chi connectivity index (χ0) is 84.6. The van der Waals surface area contributed by atoms with E-state index in [1.807, 2.05) is 48.5 Å². The summed E-state index contributed by atoms with van der Waals surface area (Å²) in [5.41, 5.74) is 6.41. The minimum atomic E-state index is -1.35. The van der Waals surface area contributed by atoms with Gasteiger partial charge in [0.1, 0.15) is 43.9 Å². The third-order valence-corrected chi connectivity index (χ3v) is 21.8. The smallest absolute Gasteiger partial charge is 0.303 e. The number of nitrogens with two attached hydrogens (primary N) is 1. The normalized spacial score (nSPS) is 28.3. The fourth-order valence-corrected chi connectivity index (χ4v) is 14.0. The van der Waals surface area contributed by atoms with E-state index in [1.54, 1.807) is 0 Å². The lowest BCUT2D eigenvalue weighted by atomic mass is 9.79. The molecule has 35 heteroatoms. The van der Waals surface area contributed by atoms with Gasteiger partial charge in [0.05, 0.1) is 109 Å². The van der Waals surface area contributed by atoms with Crippen molar-refractivity contribution < 1.29 is 133 Å². The van der Waals surface area contributed by atoms with Crippen molar-refractivity contribution >= 4 is 70.9 Å². The third kappa shape index (κ3) is 36.6. The lowest BCUT2D eigenvalue weighted by Crippen LogP contribution is -2.58.